The summed E-state index contributed by atoms with van der Waals surface area (Å²) in [7, 11) is 4.08. The molecule has 3 N–H and O–H groups in total. The van der Waals surface area contributed by atoms with Crippen molar-refractivity contribution in [3.63, 3.8) is 0 Å². The number of nitrogens with one attached hydrogen (secondary N) is 1. The van der Waals surface area contributed by atoms with E-state index in [1.54, 1.807) is 0 Å². The van der Waals surface area contributed by atoms with Crippen molar-refractivity contribution in [3.8, 4) is 0 Å². The topological polar surface area (TPSA) is 53.6 Å². The second-order valence-corrected chi connectivity index (χ2v) is 5.03. The quantitative estimate of drug-likeness (QED) is 0.482. The number of aryl methyl sites for hydroxylation is 1. The maximum absolute atomic E-state index is 5.80. The number of guanidine groups is 1. The van der Waals surface area contributed by atoms with Crippen LogP contribution in [0.2, 0.25) is 0 Å². The Morgan fingerprint density at radius 3 is 2.53 bits per heavy atom. The Kier molecular flexibility index (Phi) is 7.82. The normalized spacial score (nSPS) is 11.2. The predicted molar refractivity (Wildman–Crippen MR) is 94.5 cm³/mol. The monoisotopic (exact) mass is 376 g/mol. The highest BCUT2D eigenvalue weighted by Gasteiger charge is 2.04. The summed E-state index contributed by atoms with van der Waals surface area (Å²) in [5.41, 5.74) is 9.42. The number of anilines is 1. The van der Waals surface area contributed by atoms with E-state index in [0.717, 1.165) is 0 Å². The third-order valence-corrected chi connectivity index (χ3v) is 2.58. The second-order valence-electron chi connectivity index (χ2n) is 5.03. The molecule has 0 bridgehead atoms. The number of rotatable bonds is 4. The third-order valence-electron chi connectivity index (χ3n) is 2.58. The Morgan fingerprint density at radius 2 is 2.00 bits per heavy atom. The molecule has 0 aliphatic carbocycles. The largest absolute Gasteiger partial charge is 0.377 e. The van der Waals surface area contributed by atoms with E-state index in [4.69, 9.17) is 5.73 Å². The van der Waals surface area contributed by atoms with Gasteiger partial charge in [0.05, 0.1) is 6.54 Å². The van der Waals surface area contributed by atoms with E-state index >= 15 is 0 Å². The fourth-order valence-corrected chi connectivity index (χ4v) is 1.74. The minimum atomic E-state index is 0. The van der Waals surface area contributed by atoms with Crippen LogP contribution in [0.5, 0.6) is 0 Å². The van der Waals surface area contributed by atoms with Gasteiger partial charge < -0.3 is 16.0 Å². The van der Waals surface area contributed by atoms with Gasteiger partial charge in [-0.2, -0.15) is 0 Å². The van der Waals surface area contributed by atoms with Crippen LogP contribution in [0, 0.1) is 6.92 Å². The summed E-state index contributed by atoms with van der Waals surface area (Å²) in [6, 6.07) is 6.68. The zero-order valence-corrected chi connectivity index (χ0v) is 14.7. The number of nitrogens with two attached hydrogens (primary N) is 1. The van der Waals surface area contributed by atoms with Crippen LogP contribution in [0.15, 0.2) is 23.2 Å². The standard InChI is InChI=1S/C14H24N4.HI/c1-10(2)17-14(15)16-9-12-7-6-11(3)8-13(12)18(4)5;/h6-8,10H,9H2,1-5H3,(H3,15,16,17);1H. The van der Waals surface area contributed by atoms with Crippen molar-refractivity contribution >= 4 is 35.6 Å². The van der Waals surface area contributed by atoms with Crippen molar-refractivity contribution in [2.24, 2.45) is 10.7 Å². The fraction of sp³-hybridized carbons (Fsp3) is 0.500. The van der Waals surface area contributed by atoms with Gasteiger partial charge in [-0.3, -0.25) is 0 Å². The Bertz CT molecular complexity index is 427. The van der Waals surface area contributed by atoms with E-state index in [-0.39, 0.29) is 24.0 Å². The molecule has 0 spiro atoms. The minimum Gasteiger partial charge on any atom is -0.377 e. The molecule has 1 rings (SSSR count). The number of hydrogen-bond donors (Lipinski definition) is 2. The molecule has 0 aromatic heterocycles. The Morgan fingerprint density at radius 1 is 1.37 bits per heavy atom. The summed E-state index contributed by atoms with van der Waals surface area (Å²) in [4.78, 5) is 6.47. The van der Waals surface area contributed by atoms with Gasteiger partial charge in [0, 0.05) is 25.8 Å². The summed E-state index contributed by atoms with van der Waals surface area (Å²) in [6.07, 6.45) is 0. The summed E-state index contributed by atoms with van der Waals surface area (Å²) >= 11 is 0. The van der Waals surface area contributed by atoms with Crippen molar-refractivity contribution in [3.05, 3.63) is 29.3 Å². The maximum Gasteiger partial charge on any atom is 0.189 e. The average molecular weight is 376 g/mol. The number of aliphatic imine (C=N–C) groups is 1. The van der Waals surface area contributed by atoms with Gasteiger partial charge in [-0.05, 0) is 38.0 Å². The maximum atomic E-state index is 5.80. The van der Waals surface area contributed by atoms with E-state index in [0.29, 0.717) is 18.5 Å². The molecule has 0 saturated heterocycles. The van der Waals surface area contributed by atoms with Crippen molar-refractivity contribution in [1.29, 1.82) is 0 Å². The van der Waals surface area contributed by atoms with Gasteiger partial charge in [0.25, 0.3) is 0 Å². The number of benzene rings is 1. The average Bonchev–Trinajstić information content (AvgIpc) is 2.26. The second kappa shape index (κ2) is 8.24. The van der Waals surface area contributed by atoms with E-state index < -0.39 is 0 Å². The highest BCUT2D eigenvalue weighted by molar-refractivity contribution is 14.0. The summed E-state index contributed by atoms with van der Waals surface area (Å²) < 4.78 is 0. The van der Waals surface area contributed by atoms with Crippen molar-refractivity contribution in [1.82, 2.24) is 5.32 Å². The Balaban J connectivity index is 0.00000324. The molecule has 108 valence electrons. The molecule has 0 atom stereocenters. The van der Waals surface area contributed by atoms with Gasteiger partial charge in [0.2, 0.25) is 0 Å². The first-order chi connectivity index (χ1) is 8.40. The van der Waals surface area contributed by atoms with Crippen LogP contribution in [0.4, 0.5) is 5.69 Å². The first-order valence-electron chi connectivity index (χ1n) is 6.23. The smallest absolute Gasteiger partial charge is 0.189 e. The van der Waals surface area contributed by atoms with Crippen LogP contribution < -0.4 is 16.0 Å². The van der Waals surface area contributed by atoms with Gasteiger partial charge in [-0.25, -0.2) is 4.99 Å². The van der Waals surface area contributed by atoms with Gasteiger partial charge in [0.1, 0.15) is 0 Å². The molecule has 0 fully saturated rings. The van der Waals surface area contributed by atoms with Gasteiger partial charge >= 0.3 is 0 Å². The summed E-state index contributed by atoms with van der Waals surface area (Å²) in [5.74, 6) is 0.496. The molecule has 1 aromatic carbocycles. The highest BCUT2D eigenvalue weighted by atomic mass is 127. The SMILES string of the molecule is Cc1ccc(CN=C(N)NC(C)C)c(N(C)C)c1.I. The Hall–Kier alpha value is -0.980. The van der Waals surface area contributed by atoms with Crippen LogP contribution in [0.25, 0.3) is 0 Å². The molecular weight excluding hydrogens is 351 g/mol. The molecule has 5 heteroatoms. The predicted octanol–water partition coefficient (Wildman–Crippen LogP) is 2.49. The number of hydrogen-bond acceptors (Lipinski definition) is 2. The van der Waals surface area contributed by atoms with Crippen molar-refractivity contribution < 1.29 is 0 Å². The van der Waals surface area contributed by atoms with Crippen LogP contribution in [-0.2, 0) is 6.54 Å². The zero-order valence-electron chi connectivity index (χ0n) is 12.4. The summed E-state index contributed by atoms with van der Waals surface area (Å²) in [6.45, 7) is 6.77. The van der Waals surface area contributed by atoms with Crippen molar-refractivity contribution in [2.45, 2.75) is 33.4 Å². The molecule has 1 aromatic rings. The molecule has 0 heterocycles. The molecular formula is C14H25IN4. The number of nitrogens with zero attached hydrogens (tertiary/aromatic N) is 2. The third kappa shape index (κ3) is 6.13. The van der Waals surface area contributed by atoms with E-state index in [1.807, 2.05) is 27.9 Å². The molecule has 0 radical (unpaired) electrons. The molecule has 0 saturated carbocycles. The molecule has 19 heavy (non-hydrogen) atoms. The lowest BCUT2D eigenvalue weighted by atomic mass is 10.1. The fourth-order valence-electron chi connectivity index (χ4n) is 1.74. The molecule has 4 nitrogen and oxygen atoms in total. The van der Waals surface area contributed by atoms with Crippen LogP contribution in [0.1, 0.15) is 25.0 Å². The van der Waals surface area contributed by atoms with E-state index in [2.05, 4.69) is 40.3 Å². The Labute approximate surface area is 133 Å². The van der Waals surface area contributed by atoms with E-state index in [9.17, 15) is 0 Å². The lowest BCUT2D eigenvalue weighted by molar-refractivity contribution is 0.723. The first-order valence-corrected chi connectivity index (χ1v) is 6.23. The minimum absolute atomic E-state index is 0. The van der Waals surface area contributed by atoms with Gasteiger partial charge in [0.15, 0.2) is 5.96 Å². The van der Waals surface area contributed by atoms with Crippen LogP contribution >= 0.6 is 24.0 Å². The van der Waals surface area contributed by atoms with Crippen molar-refractivity contribution in [2.75, 3.05) is 19.0 Å². The molecule has 0 amide bonds. The lowest BCUT2D eigenvalue weighted by Gasteiger charge is -2.17. The van der Waals surface area contributed by atoms with Gasteiger partial charge in [-0.1, -0.05) is 12.1 Å². The number of halogens is 1. The zero-order chi connectivity index (χ0) is 13.7. The molecule has 0 aliphatic rings. The molecule has 0 aliphatic heterocycles. The molecule has 0 unspecified atom stereocenters. The summed E-state index contributed by atoms with van der Waals surface area (Å²) in [5, 5.41) is 3.09. The van der Waals surface area contributed by atoms with Gasteiger partial charge in [-0.15, -0.1) is 24.0 Å². The lowest BCUT2D eigenvalue weighted by Crippen LogP contribution is -2.36. The van der Waals surface area contributed by atoms with Crippen LogP contribution in [-0.4, -0.2) is 26.1 Å². The van der Waals surface area contributed by atoms with E-state index in [1.165, 1.54) is 16.8 Å². The highest BCUT2D eigenvalue weighted by Crippen LogP contribution is 2.20. The first kappa shape index (κ1) is 18.0. The van der Waals surface area contributed by atoms with Crippen LogP contribution in [0.3, 0.4) is 0 Å².